The number of nitrogens with two attached hydrogens (primary N) is 1. The maximum absolute atomic E-state index is 12.0. The zero-order valence-electron chi connectivity index (χ0n) is 8.97. The van der Waals surface area contributed by atoms with Crippen LogP contribution in [0.5, 0.6) is 0 Å². The van der Waals surface area contributed by atoms with Gasteiger partial charge in [-0.25, -0.2) is 0 Å². The normalized spacial score (nSPS) is 22.7. The van der Waals surface area contributed by atoms with E-state index in [1.165, 1.54) is 25.2 Å². The molecule has 2 N–H and O–H groups in total. The van der Waals surface area contributed by atoms with Crippen molar-refractivity contribution in [2.45, 2.75) is 18.4 Å². The molecule has 2 aliphatic rings. The third-order valence-corrected chi connectivity index (χ3v) is 3.48. The van der Waals surface area contributed by atoms with Crippen molar-refractivity contribution in [1.82, 2.24) is 15.1 Å². The molecule has 16 heavy (non-hydrogen) atoms. The first-order valence-corrected chi connectivity index (χ1v) is 5.54. The monoisotopic (exact) mass is 218 g/mol. The molecule has 1 saturated carbocycles. The van der Waals surface area contributed by atoms with Crippen molar-refractivity contribution in [1.29, 1.82) is 0 Å². The number of carbonyl (C=O) groups is 1. The Morgan fingerprint density at radius 2 is 2.19 bits per heavy atom. The van der Waals surface area contributed by atoms with Gasteiger partial charge in [0.05, 0.1) is 23.5 Å². The van der Waals surface area contributed by atoms with E-state index in [9.17, 15) is 4.79 Å². The topological polar surface area (TPSA) is 72.1 Å². The van der Waals surface area contributed by atoms with Gasteiger partial charge in [0.25, 0.3) is 5.91 Å². The first-order chi connectivity index (χ1) is 7.69. The molecule has 84 valence electrons. The van der Waals surface area contributed by atoms with Gasteiger partial charge in [0.1, 0.15) is 0 Å². The molecule has 5 heteroatoms. The van der Waals surface area contributed by atoms with Crippen LogP contribution < -0.4 is 5.73 Å². The second-order valence-electron chi connectivity index (χ2n) is 4.80. The Bertz CT molecular complexity index is 409. The number of carbonyl (C=O) groups excluding carboxylic acids is 1. The summed E-state index contributed by atoms with van der Waals surface area (Å²) in [7, 11) is 0. The van der Waals surface area contributed by atoms with Crippen LogP contribution in [0, 0.1) is 5.92 Å². The summed E-state index contributed by atoms with van der Waals surface area (Å²) in [6.07, 6.45) is 5.46. The minimum Gasteiger partial charge on any atom is -0.335 e. The molecule has 0 aromatic carbocycles. The van der Waals surface area contributed by atoms with E-state index in [0.717, 1.165) is 0 Å². The predicted molar refractivity (Wildman–Crippen MR) is 57.6 cm³/mol. The van der Waals surface area contributed by atoms with Crippen molar-refractivity contribution in [2.75, 3.05) is 13.1 Å². The zero-order chi connectivity index (χ0) is 11.2. The van der Waals surface area contributed by atoms with Gasteiger partial charge in [-0.3, -0.25) is 4.79 Å². The van der Waals surface area contributed by atoms with E-state index in [0.29, 0.717) is 24.6 Å². The van der Waals surface area contributed by atoms with Gasteiger partial charge in [-0.2, -0.15) is 10.2 Å². The fraction of sp³-hybridized carbons (Fsp3) is 0.545. The largest absolute Gasteiger partial charge is 0.335 e. The lowest BCUT2D eigenvalue weighted by Gasteiger charge is -2.48. The Labute approximate surface area is 93.6 Å². The molecule has 0 atom stereocenters. The third kappa shape index (κ3) is 1.48. The van der Waals surface area contributed by atoms with Crippen LogP contribution in [0.2, 0.25) is 0 Å². The maximum Gasteiger partial charge on any atom is 0.255 e. The molecule has 2 heterocycles. The number of likely N-dealkylation sites (tertiary alicyclic amines) is 1. The van der Waals surface area contributed by atoms with E-state index in [1.54, 1.807) is 11.0 Å². The molecule has 0 spiro atoms. The lowest BCUT2D eigenvalue weighted by molar-refractivity contribution is 0.0350. The molecule has 2 fully saturated rings. The van der Waals surface area contributed by atoms with Crippen LogP contribution in [-0.2, 0) is 0 Å². The number of hydrogen-bond acceptors (Lipinski definition) is 4. The molecule has 1 aliphatic heterocycles. The van der Waals surface area contributed by atoms with Gasteiger partial charge >= 0.3 is 0 Å². The van der Waals surface area contributed by atoms with E-state index in [4.69, 9.17) is 5.73 Å². The highest BCUT2D eigenvalue weighted by atomic mass is 16.2. The van der Waals surface area contributed by atoms with E-state index < -0.39 is 0 Å². The summed E-state index contributed by atoms with van der Waals surface area (Å²) in [5, 5.41) is 7.35. The van der Waals surface area contributed by atoms with Gasteiger partial charge < -0.3 is 10.6 Å². The van der Waals surface area contributed by atoms with Crippen molar-refractivity contribution in [3.63, 3.8) is 0 Å². The van der Waals surface area contributed by atoms with Gasteiger partial charge in [-0.1, -0.05) is 0 Å². The number of hydrogen-bond donors (Lipinski definition) is 1. The molecule has 0 bridgehead atoms. The molecule has 0 unspecified atom stereocenters. The summed E-state index contributed by atoms with van der Waals surface area (Å²) >= 11 is 0. The molecule has 3 rings (SSSR count). The average Bonchev–Trinajstić information content (AvgIpc) is 3.09. The van der Waals surface area contributed by atoms with Gasteiger partial charge in [-0.15, -0.1) is 0 Å². The maximum atomic E-state index is 12.0. The minimum atomic E-state index is -0.115. The zero-order valence-corrected chi connectivity index (χ0v) is 8.97. The summed E-state index contributed by atoms with van der Waals surface area (Å²) in [4.78, 5) is 13.7. The third-order valence-electron chi connectivity index (χ3n) is 3.48. The summed E-state index contributed by atoms with van der Waals surface area (Å²) in [6, 6.07) is 1.68. The molecule has 1 saturated heterocycles. The lowest BCUT2D eigenvalue weighted by atomic mass is 9.85. The molecule has 1 aromatic heterocycles. The first kappa shape index (κ1) is 9.72. The Morgan fingerprint density at radius 1 is 1.44 bits per heavy atom. The summed E-state index contributed by atoms with van der Waals surface area (Å²) in [5.41, 5.74) is 6.67. The minimum absolute atomic E-state index is 0.0108. The van der Waals surface area contributed by atoms with E-state index in [2.05, 4.69) is 10.2 Å². The summed E-state index contributed by atoms with van der Waals surface area (Å²) in [5.74, 6) is 0.642. The van der Waals surface area contributed by atoms with Gasteiger partial charge in [0.15, 0.2) is 0 Å². The van der Waals surface area contributed by atoms with Crippen LogP contribution in [0.4, 0.5) is 0 Å². The Hall–Kier alpha value is -1.49. The van der Waals surface area contributed by atoms with E-state index in [-0.39, 0.29) is 11.4 Å². The van der Waals surface area contributed by atoms with Crippen LogP contribution in [0.15, 0.2) is 18.5 Å². The highest BCUT2D eigenvalue weighted by molar-refractivity contribution is 5.94. The van der Waals surface area contributed by atoms with Crippen LogP contribution in [-0.4, -0.2) is 39.6 Å². The van der Waals surface area contributed by atoms with Crippen LogP contribution >= 0.6 is 0 Å². The SMILES string of the molecule is NC1(C2CC2)CN(C(=O)c2ccnnc2)C1. The van der Waals surface area contributed by atoms with Crippen molar-refractivity contribution >= 4 is 5.91 Å². The van der Waals surface area contributed by atoms with Gasteiger partial charge in [-0.05, 0) is 24.8 Å². The lowest BCUT2D eigenvalue weighted by Crippen LogP contribution is -2.69. The molecular formula is C11H14N4O. The molecular weight excluding hydrogens is 204 g/mol. The highest BCUT2D eigenvalue weighted by Gasteiger charge is 2.51. The van der Waals surface area contributed by atoms with Crippen LogP contribution in [0.25, 0.3) is 0 Å². The number of rotatable bonds is 2. The van der Waals surface area contributed by atoms with Crippen molar-refractivity contribution < 1.29 is 4.79 Å². The Morgan fingerprint density at radius 3 is 2.75 bits per heavy atom. The predicted octanol–water partition coefficient (Wildman–Crippen LogP) is 0.0399. The Balaban J connectivity index is 1.66. The second kappa shape index (κ2) is 3.25. The highest BCUT2D eigenvalue weighted by Crippen LogP contribution is 2.43. The number of amides is 1. The fourth-order valence-corrected chi connectivity index (χ4v) is 2.32. The van der Waals surface area contributed by atoms with Crippen molar-refractivity contribution in [3.8, 4) is 0 Å². The molecule has 5 nitrogen and oxygen atoms in total. The molecule has 1 aliphatic carbocycles. The number of nitrogens with zero attached hydrogens (tertiary/aromatic N) is 3. The van der Waals surface area contributed by atoms with Gasteiger partial charge in [0.2, 0.25) is 0 Å². The standard InChI is InChI=1S/C11H14N4O/c12-11(9-1-2-9)6-15(7-11)10(16)8-3-4-13-14-5-8/h3-5,9H,1-2,6-7,12H2. The molecule has 1 aromatic rings. The Kier molecular flexibility index (Phi) is 1.97. The molecule has 0 radical (unpaired) electrons. The van der Waals surface area contributed by atoms with Crippen molar-refractivity contribution in [3.05, 3.63) is 24.0 Å². The van der Waals surface area contributed by atoms with E-state index >= 15 is 0 Å². The second-order valence-corrected chi connectivity index (χ2v) is 4.80. The van der Waals surface area contributed by atoms with E-state index in [1.807, 2.05) is 0 Å². The van der Waals surface area contributed by atoms with Crippen molar-refractivity contribution in [2.24, 2.45) is 11.7 Å². The smallest absolute Gasteiger partial charge is 0.255 e. The van der Waals surface area contributed by atoms with Gasteiger partial charge in [0, 0.05) is 13.1 Å². The summed E-state index contributed by atoms with van der Waals surface area (Å²) < 4.78 is 0. The number of aromatic nitrogens is 2. The van der Waals surface area contributed by atoms with Crippen LogP contribution in [0.1, 0.15) is 23.2 Å². The molecule has 1 amide bonds. The fourth-order valence-electron chi connectivity index (χ4n) is 2.32. The van der Waals surface area contributed by atoms with Crippen LogP contribution in [0.3, 0.4) is 0 Å². The first-order valence-electron chi connectivity index (χ1n) is 5.54. The summed E-state index contributed by atoms with van der Waals surface area (Å²) in [6.45, 7) is 1.36. The average molecular weight is 218 g/mol. The quantitative estimate of drug-likeness (QED) is 0.760.